The van der Waals surface area contributed by atoms with Gasteiger partial charge in [0.1, 0.15) is 6.04 Å². The molecule has 0 radical (unpaired) electrons. The van der Waals surface area contributed by atoms with E-state index in [4.69, 9.17) is 5.14 Å². The molecular formula is C13H19IN8O4S. The van der Waals surface area contributed by atoms with E-state index in [2.05, 4.69) is 18.9 Å². The number of anilines is 2. The molecule has 148 valence electrons. The quantitative estimate of drug-likeness (QED) is 0.268. The summed E-state index contributed by atoms with van der Waals surface area (Å²) in [4.78, 5) is 35.9. The number of carbonyl (C=O) groups is 2. The molecule has 0 bridgehead atoms. The standard InChI is InChI=1S/C13H19IN8O4S/c14-19-22(27(15,25)26)10-3-1-5-21(11(10)23)12-17-7-9(8-18-12)20-6-2-4-16-13(20)24/h7-8,10,19H,1-6H2,(H,16,24)(H2,15,25,26). The van der Waals surface area contributed by atoms with E-state index < -0.39 is 22.2 Å². The van der Waals surface area contributed by atoms with Crippen molar-refractivity contribution in [1.82, 2.24) is 23.3 Å². The highest BCUT2D eigenvalue weighted by molar-refractivity contribution is 14.1. The van der Waals surface area contributed by atoms with E-state index in [-0.39, 0.29) is 12.0 Å². The fourth-order valence-corrected chi connectivity index (χ4v) is 4.83. The Morgan fingerprint density at radius 2 is 1.89 bits per heavy atom. The fraction of sp³-hybridized carbons (Fsp3) is 0.538. The summed E-state index contributed by atoms with van der Waals surface area (Å²) >= 11 is 1.61. The number of carbonyl (C=O) groups excluding carboxylic acids is 2. The first-order valence-corrected chi connectivity index (χ1v) is 10.8. The molecule has 1 unspecified atom stereocenters. The number of hydrogen-bond acceptors (Lipinski definition) is 7. The average molecular weight is 510 g/mol. The Labute approximate surface area is 170 Å². The molecule has 2 fully saturated rings. The van der Waals surface area contributed by atoms with Crippen LogP contribution in [0.2, 0.25) is 0 Å². The van der Waals surface area contributed by atoms with E-state index in [0.717, 1.165) is 10.8 Å². The van der Waals surface area contributed by atoms with Crippen LogP contribution in [0.3, 0.4) is 0 Å². The van der Waals surface area contributed by atoms with Crippen LogP contribution in [-0.2, 0) is 15.0 Å². The Balaban J connectivity index is 1.79. The topological polar surface area (TPSA) is 154 Å². The maximum absolute atomic E-state index is 12.8. The lowest BCUT2D eigenvalue weighted by Crippen LogP contribution is -2.58. The Kier molecular flexibility index (Phi) is 6.09. The fourth-order valence-electron chi connectivity index (χ4n) is 3.03. The molecule has 1 aromatic heterocycles. The van der Waals surface area contributed by atoms with Crippen molar-refractivity contribution in [1.29, 1.82) is 0 Å². The van der Waals surface area contributed by atoms with Gasteiger partial charge >= 0.3 is 6.03 Å². The third kappa shape index (κ3) is 4.29. The Morgan fingerprint density at radius 1 is 1.22 bits per heavy atom. The highest BCUT2D eigenvalue weighted by atomic mass is 127. The van der Waals surface area contributed by atoms with Gasteiger partial charge in [-0.1, -0.05) is 0 Å². The van der Waals surface area contributed by atoms with Crippen LogP contribution >= 0.6 is 22.9 Å². The molecule has 2 aliphatic heterocycles. The number of hydrogen-bond donors (Lipinski definition) is 3. The molecule has 14 heteroatoms. The van der Waals surface area contributed by atoms with Crippen molar-refractivity contribution in [2.45, 2.75) is 25.3 Å². The van der Waals surface area contributed by atoms with Crippen molar-refractivity contribution in [3.05, 3.63) is 12.4 Å². The zero-order valence-electron chi connectivity index (χ0n) is 14.2. The SMILES string of the molecule is NS(=O)(=O)N(NI)C1CCCN(c2ncc(N3CCCNC3=O)cn2)C1=O. The number of piperidine rings is 1. The zero-order valence-corrected chi connectivity index (χ0v) is 17.2. The lowest BCUT2D eigenvalue weighted by molar-refractivity contribution is -0.123. The van der Waals surface area contributed by atoms with Gasteiger partial charge in [0.2, 0.25) is 11.9 Å². The normalized spacial score (nSPS) is 21.5. The third-order valence-electron chi connectivity index (χ3n) is 4.31. The van der Waals surface area contributed by atoms with Gasteiger partial charge in [0.05, 0.1) is 18.1 Å². The monoisotopic (exact) mass is 510 g/mol. The van der Waals surface area contributed by atoms with Gasteiger partial charge in [0.25, 0.3) is 10.2 Å². The summed E-state index contributed by atoms with van der Waals surface area (Å²) in [6.45, 7) is 1.55. The number of aromatic nitrogens is 2. The van der Waals surface area contributed by atoms with E-state index in [1.807, 2.05) is 0 Å². The number of hydrazine groups is 1. The highest BCUT2D eigenvalue weighted by Gasteiger charge is 2.39. The summed E-state index contributed by atoms with van der Waals surface area (Å²) in [6, 6.07) is -1.20. The second-order valence-corrected chi connectivity index (χ2v) is 7.96. The highest BCUT2D eigenvalue weighted by Crippen LogP contribution is 2.23. The second-order valence-electron chi connectivity index (χ2n) is 6.05. The predicted octanol–water partition coefficient (Wildman–Crippen LogP) is -0.748. The lowest BCUT2D eigenvalue weighted by Gasteiger charge is -2.35. The van der Waals surface area contributed by atoms with E-state index in [1.54, 1.807) is 22.9 Å². The van der Waals surface area contributed by atoms with Crippen LogP contribution in [0.1, 0.15) is 19.3 Å². The largest absolute Gasteiger partial charge is 0.338 e. The first-order chi connectivity index (χ1) is 12.8. The molecule has 1 aromatic rings. The smallest absolute Gasteiger partial charge is 0.321 e. The Morgan fingerprint density at radius 3 is 2.48 bits per heavy atom. The van der Waals surface area contributed by atoms with Crippen molar-refractivity contribution < 1.29 is 18.0 Å². The van der Waals surface area contributed by atoms with Gasteiger partial charge in [-0.15, -0.1) is 4.41 Å². The molecule has 0 spiro atoms. The summed E-state index contributed by atoms with van der Waals surface area (Å²) in [5, 5.41) is 7.91. The molecule has 3 amide bonds. The van der Waals surface area contributed by atoms with Crippen LogP contribution in [0, 0.1) is 0 Å². The molecule has 2 aliphatic rings. The molecule has 27 heavy (non-hydrogen) atoms. The number of rotatable bonds is 5. The molecule has 0 saturated carbocycles. The molecule has 0 aliphatic carbocycles. The van der Waals surface area contributed by atoms with Crippen LogP contribution in [0.15, 0.2) is 12.4 Å². The summed E-state index contributed by atoms with van der Waals surface area (Å²) in [5.74, 6) is -0.323. The van der Waals surface area contributed by atoms with Crippen molar-refractivity contribution in [3.63, 3.8) is 0 Å². The number of urea groups is 1. The molecule has 2 saturated heterocycles. The average Bonchev–Trinajstić information content (AvgIpc) is 2.63. The van der Waals surface area contributed by atoms with Gasteiger partial charge in [-0.25, -0.2) is 19.9 Å². The zero-order chi connectivity index (χ0) is 19.6. The van der Waals surface area contributed by atoms with Gasteiger partial charge in [0.15, 0.2) is 0 Å². The molecule has 4 N–H and O–H groups in total. The number of nitrogens with one attached hydrogen (secondary N) is 2. The van der Waals surface area contributed by atoms with E-state index in [0.29, 0.717) is 38.2 Å². The number of amides is 3. The second kappa shape index (κ2) is 8.17. The van der Waals surface area contributed by atoms with Gasteiger partial charge < -0.3 is 5.32 Å². The van der Waals surface area contributed by atoms with Gasteiger partial charge in [-0.2, -0.15) is 12.1 Å². The van der Waals surface area contributed by atoms with Crippen LogP contribution in [-0.4, -0.2) is 60.4 Å². The third-order valence-corrected chi connectivity index (χ3v) is 6.05. The van der Waals surface area contributed by atoms with Gasteiger partial charge in [0, 0.05) is 42.5 Å². The van der Waals surface area contributed by atoms with Crippen molar-refractivity contribution in [3.8, 4) is 0 Å². The van der Waals surface area contributed by atoms with Gasteiger partial charge in [-0.3, -0.25) is 14.6 Å². The van der Waals surface area contributed by atoms with Crippen LogP contribution in [0.4, 0.5) is 16.4 Å². The molecular weight excluding hydrogens is 491 g/mol. The summed E-state index contributed by atoms with van der Waals surface area (Å²) in [6.07, 6.45) is 4.64. The minimum absolute atomic E-state index is 0.147. The maximum atomic E-state index is 12.8. The molecule has 3 heterocycles. The number of nitrogens with two attached hydrogens (primary N) is 1. The van der Waals surface area contributed by atoms with E-state index >= 15 is 0 Å². The Bertz CT molecular complexity index is 820. The summed E-state index contributed by atoms with van der Waals surface area (Å²) in [5.41, 5.74) is 0.525. The van der Waals surface area contributed by atoms with Gasteiger partial charge in [-0.05, 0) is 19.3 Å². The lowest BCUT2D eigenvalue weighted by atomic mass is 10.1. The first-order valence-electron chi connectivity index (χ1n) is 8.20. The van der Waals surface area contributed by atoms with Crippen molar-refractivity contribution in [2.24, 2.45) is 5.14 Å². The summed E-state index contributed by atoms with van der Waals surface area (Å²) < 4.78 is 26.5. The minimum atomic E-state index is -4.11. The molecule has 3 rings (SSSR count). The minimum Gasteiger partial charge on any atom is -0.338 e. The van der Waals surface area contributed by atoms with Crippen LogP contribution in [0.5, 0.6) is 0 Å². The van der Waals surface area contributed by atoms with Crippen LogP contribution < -0.4 is 23.9 Å². The summed E-state index contributed by atoms with van der Waals surface area (Å²) in [7, 11) is -4.11. The molecule has 12 nitrogen and oxygen atoms in total. The van der Waals surface area contributed by atoms with Crippen LogP contribution in [0.25, 0.3) is 0 Å². The van der Waals surface area contributed by atoms with Crippen molar-refractivity contribution >= 4 is 56.6 Å². The van der Waals surface area contributed by atoms with Crippen molar-refractivity contribution in [2.75, 3.05) is 29.4 Å². The first kappa shape index (κ1) is 20.1. The maximum Gasteiger partial charge on any atom is 0.321 e. The number of nitrogens with zero attached hydrogens (tertiary/aromatic N) is 5. The predicted molar refractivity (Wildman–Crippen MR) is 105 cm³/mol. The van der Waals surface area contributed by atoms with E-state index in [9.17, 15) is 18.0 Å². The Hall–Kier alpha value is -1.62. The number of halogens is 1. The molecule has 1 atom stereocenters. The van der Waals surface area contributed by atoms with E-state index in [1.165, 1.54) is 22.2 Å². The molecule has 0 aromatic carbocycles.